The zero-order valence-corrected chi connectivity index (χ0v) is 13.4. The van der Waals surface area contributed by atoms with Crippen LogP contribution in [0.3, 0.4) is 0 Å². The summed E-state index contributed by atoms with van der Waals surface area (Å²) in [4.78, 5) is 2.45. The molecule has 2 heterocycles. The number of hydrogen-bond acceptors (Lipinski definition) is 3. The Labute approximate surface area is 137 Å². The first-order valence-corrected chi connectivity index (χ1v) is 6.87. The van der Waals surface area contributed by atoms with E-state index in [0.29, 0.717) is 0 Å². The molecule has 116 valence electrons. The smallest absolute Gasteiger partial charge is 0.238 e. The molecule has 2 aromatic rings. The van der Waals surface area contributed by atoms with Crippen molar-refractivity contribution in [3.63, 3.8) is 0 Å². The number of rotatable bonds is 4. The molecule has 3 rings (SSSR count). The molecule has 6 heteroatoms. The van der Waals surface area contributed by atoms with Crippen molar-refractivity contribution in [2.75, 3.05) is 19.6 Å². The van der Waals surface area contributed by atoms with Crippen LogP contribution in [0.15, 0.2) is 36.5 Å². The predicted molar refractivity (Wildman–Crippen MR) is 89.5 cm³/mol. The van der Waals surface area contributed by atoms with Gasteiger partial charge in [-0.15, -0.1) is 29.9 Å². The fourth-order valence-electron chi connectivity index (χ4n) is 2.60. The molecule has 0 aliphatic carbocycles. The Kier molecular flexibility index (Phi) is 7.02. The zero-order valence-electron chi connectivity index (χ0n) is 11.8. The van der Waals surface area contributed by atoms with Crippen molar-refractivity contribution in [2.24, 2.45) is 0 Å². The summed E-state index contributed by atoms with van der Waals surface area (Å²) in [6, 6.07) is 9.88. The average molecular weight is 330 g/mol. The largest absolute Gasteiger partial charge is 0.492 e. The Morgan fingerprint density at radius 1 is 1.00 bits per heavy atom. The van der Waals surface area contributed by atoms with Gasteiger partial charge in [0.25, 0.3) is 0 Å². The van der Waals surface area contributed by atoms with Crippen LogP contribution in [0.1, 0.15) is 12.8 Å². The van der Waals surface area contributed by atoms with Crippen LogP contribution in [0.25, 0.3) is 11.1 Å². The fourth-order valence-corrected chi connectivity index (χ4v) is 2.60. The molecule has 1 saturated heterocycles. The van der Waals surface area contributed by atoms with E-state index in [1.807, 2.05) is 41.2 Å². The molecule has 1 aliphatic heterocycles. The van der Waals surface area contributed by atoms with Crippen molar-refractivity contribution < 1.29 is 5.11 Å². The van der Waals surface area contributed by atoms with Crippen LogP contribution in [-0.4, -0.2) is 39.4 Å². The van der Waals surface area contributed by atoms with Gasteiger partial charge < -0.3 is 10.0 Å². The summed E-state index contributed by atoms with van der Waals surface area (Å²) < 4.78 is 1.84. The van der Waals surface area contributed by atoms with Gasteiger partial charge in [0.2, 0.25) is 5.88 Å². The molecule has 0 radical (unpaired) electrons. The van der Waals surface area contributed by atoms with Crippen molar-refractivity contribution >= 4 is 24.8 Å². The first-order valence-electron chi connectivity index (χ1n) is 6.87. The SMILES string of the molecule is Cl.Cl.Oc1nn(CCN2CCCC2)cc1-c1ccccc1. The van der Waals surface area contributed by atoms with Crippen molar-refractivity contribution in [1.82, 2.24) is 14.7 Å². The minimum Gasteiger partial charge on any atom is -0.492 e. The van der Waals surface area contributed by atoms with Gasteiger partial charge in [0.15, 0.2) is 0 Å². The highest BCUT2D eigenvalue weighted by Crippen LogP contribution is 2.27. The number of aromatic hydroxyl groups is 1. The quantitative estimate of drug-likeness (QED) is 0.936. The molecule has 4 nitrogen and oxygen atoms in total. The van der Waals surface area contributed by atoms with Crippen molar-refractivity contribution in [1.29, 1.82) is 0 Å². The molecular weight excluding hydrogens is 309 g/mol. The van der Waals surface area contributed by atoms with E-state index in [4.69, 9.17) is 0 Å². The zero-order chi connectivity index (χ0) is 13.1. The molecule has 0 bridgehead atoms. The molecule has 0 unspecified atom stereocenters. The van der Waals surface area contributed by atoms with Crippen LogP contribution in [0.5, 0.6) is 5.88 Å². The molecule has 21 heavy (non-hydrogen) atoms. The summed E-state index contributed by atoms with van der Waals surface area (Å²) >= 11 is 0. The van der Waals surface area contributed by atoms with E-state index in [2.05, 4.69) is 10.00 Å². The second-order valence-corrected chi connectivity index (χ2v) is 5.04. The van der Waals surface area contributed by atoms with E-state index in [1.54, 1.807) is 0 Å². The molecule has 0 amide bonds. The van der Waals surface area contributed by atoms with Gasteiger partial charge in [-0.3, -0.25) is 4.68 Å². The van der Waals surface area contributed by atoms with Gasteiger partial charge in [0, 0.05) is 12.7 Å². The maximum absolute atomic E-state index is 9.93. The Balaban J connectivity index is 0.00000110. The van der Waals surface area contributed by atoms with Crippen molar-refractivity contribution in [3.05, 3.63) is 36.5 Å². The van der Waals surface area contributed by atoms with Gasteiger partial charge in [0.1, 0.15) is 0 Å². The van der Waals surface area contributed by atoms with E-state index >= 15 is 0 Å². The van der Waals surface area contributed by atoms with Gasteiger partial charge in [-0.05, 0) is 31.5 Å². The highest BCUT2D eigenvalue weighted by Gasteiger charge is 2.13. The Morgan fingerprint density at radius 2 is 1.67 bits per heavy atom. The molecule has 1 fully saturated rings. The molecule has 1 aromatic heterocycles. The Bertz CT molecular complexity index is 539. The lowest BCUT2D eigenvalue weighted by atomic mass is 10.1. The van der Waals surface area contributed by atoms with Crippen LogP contribution in [-0.2, 0) is 6.54 Å². The van der Waals surface area contributed by atoms with E-state index in [-0.39, 0.29) is 30.7 Å². The summed E-state index contributed by atoms with van der Waals surface area (Å²) in [5, 5.41) is 14.1. The highest BCUT2D eigenvalue weighted by atomic mass is 35.5. The summed E-state index contributed by atoms with van der Waals surface area (Å²) in [7, 11) is 0. The molecule has 1 aliphatic rings. The van der Waals surface area contributed by atoms with Crippen LogP contribution in [0.4, 0.5) is 0 Å². The van der Waals surface area contributed by atoms with Gasteiger partial charge in [-0.2, -0.15) is 0 Å². The van der Waals surface area contributed by atoms with Crippen molar-refractivity contribution in [3.8, 4) is 17.0 Å². The maximum Gasteiger partial charge on any atom is 0.238 e. The number of benzene rings is 1. The van der Waals surface area contributed by atoms with Crippen LogP contribution < -0.4 is 0 Å². The van der Waals surface area contributed by atoms with Gasteiger partial charge >= 0.3 is 0 Å². The first kappa shape index (κ1) is 17.8. The molecule has 0 saturated carbocycles. The minimum atomic E-state index is 0. The summed E-state index contributed by atoms with van der Waals surface area (Å²) in [5.74, 6) is 0.118. The second-order valence-electron chi connectivity index (χ2n) is 5.04. The predicted octanol–water partition coefficient (Wildman–Crippen LogP) is 3.20. The van der Waals surface area contributed by atoms with E-state index in [0.717, 1.165) is 24.2 Å². The van der Waals surface area contributed by atoms with Gasteiger partial charge in [0.05, 0.1) is 12.1 Å². The highest BCUT2D eigenvalue weighted by molar-refractivity contribution is 5.85. The number of hydrogen-bond donors (Lipinski definition) is 1. The summed E-state index contributed by atoms with van der Waals surface area (Å²) in [6.07, 6.45) is 4.54. The van der Waals surface area contributed by atoms with E-state index < -0.39 is 0 Å². The summed E-state index contributed by atoms with van der Waals surface area (Å²) in [5.41, 5.74) is 1.81. The Hall–Kier alpha value is -1.23. The van der Waals surface area contributed by atoms with E-state index in [9.17, 15) is 5.11 Å². The molecule has 1 N–H and O–H groups in total. The second kappa shape index (κ2) is 8.27. The lowest BCUT2D eigenvalue weighted by molar-refractivity contribution is 0.313. The lowest BCUT2D eigenvalue weighted by Crippen LogP contribution is -2.24. The third-order valence-corrected chi connectivity index (χ3v) is 3.67. The Morgan fingerprint density at radius 3 is 2.33 bits per heavy atom. The molecule has 1 aromatic carbocycles. The monoisotopic (exact) mass is 329 g/mol. The molecular formula is C15H21Cl2N3O. The standard InChI is InChI=1S/C15H19N3O.2ClH/c19-15-14(13-6-2-1-3-7-13)12-18(16-15)11-10-17-8-4-5-9-17;;/h1-3,6-7,12H,4-5,8-11H2,(H,16,19);2*1H. The van der Waals surface area contributed by atoms with Crippen molar-refractivity contribution in [2.45, 2.75) is 19.4 Å². The number of likely N-dealkylation sites (tertiary alicyclic amines) is 1. The van der Waals surface area contributed by atoms with E-state index in [1.165, 1.54) is 25.9 Å². The average Bonchev–Trinajstić information content (AvgIpc) is 3.07. The summed E-state index contributed by atoms with van der Waals surface area (Å²) in [6.45, 7) is 4.23. The normalized spacial score (nSPS) is 14.5. The number of aromatic nitrogens is 2. The van der Waals surface area contributed by atoms with Gasteiger partial charge in [-0.25, -0.2) is 0 Å². The third kappa shape index (κ3) is 4.37. The van der Waals surface area contributed by atoms with Crippen LogP contribution in [0, 0.1) is 0 Å². The molecule has 0 spiro atoms. The third-order valence-electron chi connectivity index (χ3n) is 3.67. The minimum absolute atomic E-state index is 0. The van der Waals surface area contributed by atoms with Gasteiger partial charge in [-0.1, -0.05) is 30.3 Å². The first-order chi connectivity index (χ1) is 9.33. The van der Waals surface area contributed by atoms with Crippen LogP contribution in [0.2, 0.25) is 0 Å². The number of halogens is 2. The lowest BCUT2D eigenvalue weighted by Gasteiger charge is -2.13. The topological polar surface area (TPSA) is 41.3 Å². The van der Waals surface area contributed by atoms with Crippen LogP contribution >= 0.6 is 24.8 Å². The molecule has 0 atom stereocenters. The fraction of sp³-hybridized carbons (Fsp3) is 0.400. The maximum atomic E-state index is 9.93. The number of nitrogens with zero attached hydrogens (tertiary/aromatic N) is 3.